The highest BCUT2D eigenvalue weighted by Gasteiger charge is 2.20. The molecule has 1 aliphatic heterocycles. The predicted molar refractivity (Wildman–Crippen MR) is 119 cm³/mol. The van der Waals surface area contributed by atoms with Crippen LogP contribution in [0.15, 0.2) is 23.2 Å². The maximum absolute atomic E-state index is 11.5. The van der Waals surface area contributed by atoms with Gasteiger partial charge in [0.25, 0.3) is 0 Å². The van der Waals surface area contributed by atoms with Gasteiger partial charge < -0.3 is 15.4 Å². The fourth-order valence-corrected chi connectivity index (χ4v) is 4.46. The molecule has 8 heteroatoms. The predicted octanol–water partition coefficient (Wildman–Crippen LogP) is 1.96. The molecule has 1 aromatic rings. The lowest BCUT2D eigenvalue weighted by Gasteiger charge is -2.26. The van der Waals surface area contributed by atoms with E-state index in [1.54, 1.807) is 7.05 Å². The van der Waals surface area contributed by atoms with Crippen molar-refractivity contribution in [2.45, 2.75) is 39.7 Å². The summed E-state index contributed by atoms with van der Waals surface area (Å²) in [5, 5.41) is 6.65. The van der Waals surface area contributed by atoms with E-state index in [1.807, 2.05) is 0 Å². The third-order valence-corrected chi connectivity index (χ3v) is 6.66. The number of nitrogens with one attached hydrogen (secondary N) is 2. The van der Waals surface area contributed by atoms with Crippen molar-refractivity contribution in [2.75, 3.05) is 51.3 Å². The van der Waals surface area contributed by atoms with Crippen molar-refractivity contribution >= 4 is 15.8 Å². The summed E-state index contributed by atoms with van der Waals surface area (Å²) in [4.78, 5) is 6.45. The Kier molecular flexibility index (Phi) is 9.73. The zero-order valence-corrected chi connectivity index (χ0v) is 18.9. The number of rotatable bonds is 10. The van der Waals surface area contributed by atoms with Crippen LogP contribution in [0.4, 0.5) is 0 Å². The maximum atomic E-state index is 11.5. The summed E-state index contributed by atoms with van der Waals surface area (Å²) in [7, 11) is -1.08. The average molecular weight is 425 g/mol. The van der Waals surface area contributed by atoms with Crippen molar-refractivity contribution in [3.05, 3.63) is 29.3 Å². The molecule has 2 rings (SSSR count). The Balaban J connectivity index is 1.78. The molecule has 1 fully saturated rings. The molecule has 7 nitrogen and oxygen atoms in total. The standard InChI is InChI=1S/C21H36N4O3S/c1-4-5-6-13-28-20-16-18(2)7-8-19(20)17-24-21(22-3)23-9-10-25-11-14-29(26,27)15-12-25/h7-8,16H,4-6,9-15,17H2,1-3H3,(H2,22,23,24). The molecule has 1 aliphatic rings. The maximum Gasteiger partial charge on any atom is 0.191 e. The lowest BCUT2D eigenvalue weighted by molar-refractivity contribution is 0.299. The van der Waals surface area contributed by atoms with E-state index < -0.39 is 9.84 Å². The van der Waals surface area contributed by atoms with E-state index >= 15 is 0 Å². The Hall–Kier alpha value is -1.80. The van der Waals surface area contributed by atoms with Crippen molar-refractivity contribution in [3.8, 4) is 5.75 Å². The number of hydrogen-bond acceptors (Lipinski definition) is 5. The fourth-order valence-electron chi connectivity index (χ4n) is 3.18. The van der Waals surface area contributed by atoms with Crippen molar-refractivity contribution < 1.29 is 13.2 Å². The fraction of sp³-hybridized carbons (Fsp3) is 0.667. The zero-order valence-electron chi connectivity index (χ0n) is 18.0. The monoisotopic (exact) mass is 424 g/mol. The molecule has 0 bridgehead atoms. The van der Waals surface area contributed by atoms with E-state index in [2.05, 4.69) is 52.6 Å². The van der Waals surface area contributed by atoms with Gasteiger partial charge in [0.2, 0.25) is 0 Å². The smallest absolute Gasteiger partial charge is 0.191 e. The number of benzene rings is 1. The average Bonchev–Trinajstić information content (AvgIpc) is 2.70. The molecule has 0 aliphatic carbocycles. The van der Waals surface area contributed by atoms with Crippen molar-refractivity contribution in [2.24, 2.45) is 4.99 Å². The number of unbranched alkanes of at least 4 members (excludes halogenated alkanes) is 2. The summed E-state index contributed by atoms with van der Waals surface area (Å²) in [6, 6.07) is 6.28. The summed E-state index contributed by atoms with van der Waals surface area (Å²) < 4.78 is 29.0. The SMILES string of the molecule is CCCCCOc1cc(C)ccc1CNC(=NC)NCCN1CCS(=O)(=O)CC1. The van der Waals surface area contributed by atoms with E-state index in [4.69, 9.17) is 4.74 Å². The van der Waals surface area contributed by atoms with Crippen molar-refractivity contribution in [3.63, 3.8) is 0 Å². The van der Waals surface area contributed by atoms with Crippen molar-refractivity contribution in [1.82, 2.24) is 15.5 Å². The number of aryl methyl sites for hydroxylation is 1. The highest BCUT2D eigenvalue weighted by Crippen LogP contribution is 2.20. The topological polar surface area (TPSA) is 83.0 Å². The van der Waals surface area contributed by atoms with Crippen LogP contribution >= 0.6 is 0 Å². The van der Waals surface area contributed by atoms with Gasteiger partial charge in [-0.15, -0.1) is 0 Å². The van der Waals surface area contributed by atoms with E-state index in [1.165, 1.54) is 18.4 Å². The second-order valence-corrected chi connectivity index (χ2v) is 9.82. The molecule has 2 N–H and O–H groups in total. The highest BCUT2D eigenvalue weighted by molar-refractivity contribution is 7.91. The van der Waals surface area contributed by atoms with Crippen LogP contribution in [0, 0.1) is 6.92 Å². The van der Waals surface area contributed by atoms with E-state index in [0.29, 0.717) is 26.2 Å². The molecular formula is C21H36N4O3S. The Bertz CT molecular complexity index is 751. The molecule has 0 atom stereocenters. The lowest BCUT2D eigenvalue weighted by atomic mass is 10.1. The third-order valence-electron chi connectivity index (χ3n) is 5.06. The first kappa shape index (κ1) is 23.5. The van der Waals surface area contributed by atoms with Gasteiger partial charge in [0.15, 0.2) is 15.8 Å². The number of nitrogens with zero attached hydrogens (tertiary/aromatic N) is 2. The molecule has 29 heavy (non-hydrogen) atoms. The zero-order chi connectivity index (χ0) is 21.1. The third kappa shape index (κ3) is 8.62. The summed E-state index contributed by atoms with van der Waals surface area (Å²) >= 11 is 0. The molecule has 0 spiro atoms. The van der Waals surface area contributed by atoms with Gasteiger partial charge >= 0.3 is 0 Å². The molecule has 0 amide bonds. The summed E-state index contributed by atoms with van der Waals surface area (Å²) in [5.41, 5.74) is 2.29. The van der Waals surface area contributed by atoms with Crippen molar-refractivity contribution in [1.29, 1.82) is 0 Å². The summed E-state index contributed by atoms with van der Waals surface area (Å²) in [6.07, 6.45) is 3.43. The molecular weight excluding hydrogens is 388 g/mol. The largest absolute Gasteiger partial charge is 0.493 e. The normalized spacial score (nSPS) is 17.1. The van der Waals surface area contributed by atoms with Gasteiger partial charge in [0, 0.05) is 45.3 Å². The van der Waals surface area contributed by atoms with Crippen LogP contribution in [0.1, 0.15) is 37.3 Å². The van der Waals surface area contributed by atoms with Gasteiger partial charge in [-0.25, -0.2) is 8.42 Å². The van der Waals surface area contributed by atoms with Crippen LogP contribution < -0.4 is 15.4 Å². The van der Waals surface area contributed by atoms with Crippen LogP contribution in [0.25, 0.3) is 0 Å². The molecule has 1 saturated heterocycles. The number of hydrogen-bond donors (Lipinski definition) is 2. The second-order valence-electron chi connectivity index (χ2n) is 7.51. The van der Waals surface area contributed by atoms with Gasteiger partial charge in [-0.05, 0) is 25.0 Å². The van der Waals surface area contributed by atoms with Crippen LogP contribution in [-0.2, 0) is 16.4 Å². The molecule has 0 radical (unpaired) electrons. The molecule has 0 unspecified atom stereocenters. The first-order chi connectivity index (χ1) is 13.9. The number of aliphatic imine (C=N–C) groups is 1. The quantitative estimate of drug-likeness (QED) is 0.339. The van der Waals surface area contributed by atoms with Crippen LogP contribution in [0.5, 0.6) is 5.75 Å². The Morgan fingerprint density at radius 2 is 1.97 bits per heavy atom. The van der Waals surface area contributed by atoms with Crippen LogP contribution in [0.2, 0.25) is 0 Å². The first-order valence-electron chi connectivity index (χ1n) is 10.5. The van der Waals surface area contributed by atoms with Gasteiger partial charge in [-0.3, -0.25) is 9.89 Å². The van der Waals surface area contributed by atoms with Crippen LogP contribution in [0.3, 0.4) is 0 Å². The van der Waals surface area contributed by atoms with E-state index in [0.717, 1.165) is 36.8 Å². The van der Waals surface area contributed by atoms with E-state index in [-0.39, 0.29) is 11.5 Å². The minimum Gasteiger partial charge on any atom is -0.493 e. The van der Waals surface area contributed by atoms with Gasteiger partial charge in [-0.2, -0.15) is 0 Å². The van der Waals surface area contributed by atoms with Gasteiger partial charge in [0.05, 0.1) is 18.1 Å². The van der Waals surface area contributed by atoms with Gasteiger partial charge in [0.1, 0.15) is 5.75 Å². The van der Waals surface area contributed by atoms with E-state index in [9.17, 15) is 8.42 Å². The second kappa shape index (κ2) is 12.0. The number of guanidine groups is 1. The molecule has 1 aromatic carbocycles. The summed E-state index contributed by atoms with van der Waals surface area (Å²) in [6.45, 7) is 8.36. The number of ether oxygens (including phenoxy) is 1. The molecule has 1 heterocycles. The highest BCUT2D eigenvalue weighted by atomic mass is 32.2. The lowest BCUT2D eigenvalue weighted by Crippen LogP contribution is -2.45. The molecule has 0 aromatic heterocycles. The minimum atomic E-state index is -2.83. The number of sulfone groups is 1. The Morgan fingerprint density at radius 1 is 1.21 bits per heavy atom. The Labute approximate surface area is 175 Å². The summed E-state index contributed by atoms with van der Waals surface area (Å²) in [5.74, 6) is 2.17. The molecule has 0 saturated carbocycles. The van der Waals surface area contributed by atoms with Crippen LogP contribution in [-0.4, -0.2) is 70.6 Å². The Morgan fingerprint density at radius 3 is 2.66 bits per heavy atom. The first-order valence-corrected chi connectivity index (χ1v) is 12.4. The molecule has 164 valence electrons. The van der Waals surface area contributed by atoms with Gasteiger partial charge in [-0.1, -0.05) is 31.9 Å². The minimum absolute atomic E-state index is 0.258.